The topological polar surface area (TPSA) is 12.0 Å². The van der Waals surface area contributed by atoms with Gasteiger partial charge in [-0.1, -0.05) is 49.2 Å². The van der Waals surface area contributed by atoms with Gasteiger partial charge in [0, 0.05) is 11.1 Å². The molecular formula is C18H21ClFN. The van der Waals surface area contributed by atoms with Gasteiger partial charge < -0.3 is 5.32 Å². The second kappa shape index (κ2) is 7.46. The Morgan fingerprint density at radius 2 is 1.86 bits per heavy atom. The smallest absolute Gasteiger partial charge is 0.147 e. The van der Waals surface area contributed by atoms with E-state index in [2.05, 4.69) is 36.5 Å². The lowest BCUT2D eigenvalue weighted by Gasteiger charge is -2.17. The fourth-order valence-corrected chi connectivity index (χ4v) is 2.44. The summed E-state index contributed by atoms with van der Waals surface area (Å²) in [6.07, 6.45) is 3.53. The van der Waals surface area contributed by atoms with Crippen LogP contribution in [0.15, 0.2) is 42.5 Å². The molecule has 1 nitrogen and oxygen atoms in total. The third-order valence-corrected chi connectivity index (χ3v) is 3.84. The zero-order valence-corrected chi connectivity index (χ0v) is 13.3. The molecule has 2 rings (SSSR count). The quantitative estimate of drug-likeness (QED) is 0.690. The van der Waals surface area contributed by atoms with E-state index in [0.29, 0.717) is 10.7 Å². The van der Waals surface area contributed by atoms with Gasteiger partial charge in [0.05, 0.1) is 5.69 Å². The van der Waals surface area contributed by atoms with Crippen LogP contribution in [0.2, 0.25) is 5.02 Å². The predicted octanol–water partition coefficient (Wildman–Crippen LogP) is 5.99. The maximum absolute atomic E-state index is 13.8. The monoisotopic (exact) mass is 305 g/mol. The molecule has 2 aromatic rings. The summed E-state index contributed by atoms with van der Waals surface area (Å²) >= 11 is 5.76. The van der Waals surface area contributed by atoms with Crippen molar-refractivity contribution < 1.29 is 4.39 Å². The molecule has 0 aromatic heterocycles. The number of anilines is 1. The number of halogens is 2. The van der Waals surface area contributed by atoms with Gasteiger partial charge in [0.15, 0.2) is 0 Å². The lowest BCUT2D eigenvalue weighted by Crippen LogP contribution is -2.08. The normalized spacial score (nSPS) is 12.2. The van der Waals surface area contributed by atoms with Gasteiger partial charge in [-0.3, -0.25) is 0 Å². The summed E-state index contributed by atoms with van der Waals surface area (Å²) in [6.45, 7) is 4.22. The number of aryl methyl sites for hydroxylation is 1. The van der Waals surface area contributed by atoms with Crippen molar-refractivity contribution in [3.63, 3.8) is 0 Å². The van der Waals surface area contributed by atoms with E-state index < -0.39 is 0 Å². The highest BCUT2D eigenvalue weighted by Gasteiger charge is 2.09. The fraction of sp³-hybridized carbons (Fsp3) is 0.333. The van der Waals surface area contributed by atoms with E-state index in [-0.39, 0.29) is 11.9 Å². The van der Waals surface area contributed by atoms with Crippen LogP contribution in [0.5, 0.6) is 0 Å². The Morgan fingerprint density at radius 1 is 1.14 bits per heavy atom. The van der Waals surface area contributed by atoms with E-state index in [4.69, 9.17) is 11.6 Å². The first-order valence-corrected chi connectivity index (χ1v) is 7.78. The van der Waals surface area contributed by atoms with Crippen LogP contribution in [-0.2, 0) is 6.42 Å². The molecule has 3 heteroatoms. The van der Waals surface area contributed by atoms with Crippen LogP contribution in [0.1, 0.15) is 43.9 Å². The van der Waals surface area contributed by atoms with Gasteiger partial charge in [-0.2, -0.15) is 0 Å². The largest absolute Gasteiger partial charge is 0.376 e. The molecule has 0 aliphatic carbocycles. The average Bonchev–Trinajstić information content (AvgIpc) is 2.48. The van der Waals surface area contributed by atoms with Crippen molar-refractivity contribution in [3.05, 3.63) is 64.4 Å². The molecule has 1 unspecified atom stereocenters. The summed E-state index contributed by atoms with van der Waals surface area (Å²) < 4.78 is 13.8. The highest BCUT2D eigenvalue weighted by Crippen LogP contribution is 2.24. The second-order valence-electron chi connectivity index (χ2n) is 5.34. The van der Waals surface area contributed by atoms with E-state index in [9.17, 15) is 4.39 Å². The SMILES string of the molecule is CCCCc1ccc(C(C)Nc2ccc(Cl)cc2F)cc1. The van der Waals surface area contributed by atoms with Gasteiger partial charge in [0.25, 0.3) is 0 Å². The Bertz CT molecular complexity index is 580. The standard InChI is InChI=1S/C18H21ClFN/c1-3-4-5-14-6-8-15(9-7-14)13(2)21-18-11-10-16(19)12-17(18)20/h6-13,21H,3-5H2,1-2H3. The van der Waals surface area contributed by atoms with Crippen molar-refractivity contribution in [3.8, 4) is 0 Å². The number of benzene rings is 2. The van der Waals surface area contributed by atoms with E-state index in [1.807, 2.05) is 6.92 Å². The summed E-state index contributed by atoms with van der Waals surface area (Å²) in [5.74, 6) is -0.325. The molecule has 0 aliphatic heterocycles. The van der Waals surface area contributed by atoms with E-state index >= 15 is 0 Å². The van der Waals surface area contributed by atoms with Gasteiger partial charge in [-0.15, -0.1) is 0 Å². The molecule has 1 atom stereocenters. The van der Waals surface area contributed by atoms with Crippen molar-refractivity contribution in [2.24, 2.45) is 0 Å². The van der Waals surface area contributed by atoms with Crippen LogP contribution in [0.3, 0.4) is 0 Å². The van der Waals surface area contributed by atoms with Crippen molar-refractivity contribution in [1.29, 1.82) is 0 Å². The Labute approximate surface area is 131 Å². The second-order valence-corrected chi connectivity index (χ2v) is 5.77. The van der Waals surface area contributed by atoms with Gasteiger partial charge in [0.2, 0.25) is 0 Å². The number of hydrogen-bond donors (Lipinski definition) is 1. The third kappa shape index (κ3) is 4.47. The van der Waals surface area contributed by atoms with Crippen molar-refractivity contribution in [1.82, 2.24) is 0 Å². The maximum Gasteiger partial charge on any atom is 0.147 e. The van der Waals surface area contributed by atoms with Crippen LogP contribution in [0.25, 0.3) is 0 Å². The number of unbranched alkanes of at least 4 members (excludes halogenated alkanes) is 1. The number of hydrogen-bond acceptors (Lipinski definition) is 1. The Hall–Kier alpha value is -1.54. The molecule has 0 amide bonds. The average molecular weight is 306 g/mol. The maximum atomic E-state index is 13.8. The Kier molecular flexibility index (Phi) is 5.63. The molecule has 21 heavy (non-hydrogen) atoms. The molecule has 112 valence electrons. The first-order chi connectivity index (χ1) is 10.1. The van der Waals surface area contributed by atoms with Crippen LogP contribution in [-0.4, -0.2) is 0 Å². The molecule has 0 saturated carbocycles. The minimum atomic E-state index is -0.325. The predicted molar refractivity (Wildman–Crippen MR) is 88.5 cm³/mol. The Balaban J connectivity index is 2.04. The minimum Gasteiger partial charge on any atom is -0.376 e. The highest BCUT2D eigenvalue weighted by molar-refractivity contribution is 6.30. The number of rotatable bonds is 6. The van der Waals surface area contributed by atoms with Crippen molar-refractivity contribution in [2.45, 2.75) is 39.2 Å². The van der Waals surface area contributed by atoms with Gasteiger partial charge >= 0.3 is 0 Å². The van der Waals surface area contributed by atoms with Crippen LogP contribution in [0, 0.1) is 5.82 Å². The minimum absolute atomic E-state index is 0.0425. The van der Waals surface area contributed by atoms with Gasteiger partial charge in [-0.05, 0) is 49.1 Å². The van der Waals surface area contributed by atoms with Crippen LogP contribution < -0.4 is 5.32 Å². The Morgan fingerprint density at radius 3 is 2.48 bits per heavy atom. The van der Waals surface area contributed by atoms with Crippen LogP contribution >= 0.6 is 11.6 Å². The van der Waals surface area contributed by atoms with Crippen molar-refractivity contribution >= 4 is 17.3 Å². The molecule has 0 heterocycles. The summed E-state index contributed by atoms with van der Waals surface area (Å²) in [4.78, 5) is 0. The number of nitrogens with one attached hydrogen (secondary N) is 1. The molecular weight excluding hydrogens is 285 g/mol. The summed E-state index contributed by atoms with van der Waals surface area (Å²) in [5.41, 5.74) is 2.97. The zero-order valence-electron chi connectivity index (χ0n) is 12.5. The fourth-order valence-electron chi connectivity index (χ4n) is 2.28. The first-order valence-electron chi connectivity index (χ1n) is 7.40. The summed E-state index contributed by atoms with van der Waals surface area (Å²) in [7, 11) is 0. The summed E-state index contributed by atoms with van der Waals surface area (Å²) in [6, 6.07) is 13.2. The molecule has 0 fully saturated rings. The summed E-state index contributed by atoms with van der Waals surface area (Å²) in [5, 5.41) is 3.59. The molecule has 0 spiro atoms. The van der Waals surface area contributed by atoms with Gasteiger partial charge in [0.1, 0.15) is 5.82 Å². The molecule has 0 saturated heterocycles. The van der Waals surface area contributed by atoms with E-state index in [1.165, 1.54) is 24.5 Å². The lowest BCUT2D eigenvalue weighted by molar-refractivity contribution is 0.627. The zero-order chi connectivity index (χ0) is 15.2. The molecule has 0 bridgehead atoms. The molecule has 1 N–H and O–H groups in total. The van der Waals surface area contributed by atoms with E-state index in [1.54, 1.807) is 12.1 Å². The highest BCUT2D eigenvalue weighted by atomic mass is 35.5. The first kappa shape index (κ1) is 15.8. The third-order valence-electron chi connectivity index (χ3n) is 3.60. The van der Waals surface area contributed by atoms with Crippen molar-refractivity contribution in [2.75, 3.05) is 5.32 Å². The molecule has 2 aromatic carbocycles. The van der Waals surface area contributed by atoms with Crippen LogP contribution in [0.4, 0.5) is 10.1 Å². The van der Waals surface area contributed by atoms with E-state index in [0.717, 1.165) is 12.0 Å². The van der Waals surface area contributed by atoms with Gasteiger partial charge in [-0.25, -0.2) is 4.39 Å². The molecule has 0 aliphatic rings. The lowest BCUT2D eigenvalue weighted by atomic mass is 10.0. The molecule has 0 radical (unpaired) electrons.